The predicted molar refractivity (Wildman–Crippen MR) is 80.5 cm³/mol. The average Bonchev–Trinajstić information content (AvgIpc) is 3.08. The molecule has 1 aromatic carbocycles. The van der Waals surface area contributed by atoms with Gasteiger partial charge >= 0.3 is 0 Å². The van der Waals surface area contributed by atoms with E-state index in [-0.39, 0.29) is 11.0 Å². The number of fused-ring (bicyclic) bond motifs is 2. The predicted octanol–water partition coefficient (Wildman–Crippen LogP) is 2.61. The van der Waals surface area contributed by atoms with Crippen LogP contribution in [0, 0.1) is 10.1 Å². The van der Waals surface area contributed by atoms with Gasteiger partial charge < -0.3 is 9.88 Å². The fourth-order valence-electron chi connectivity index (χ4n) is 2.60. The Morgan fingerprint density at radius 3 is 3.05 bits per heavy atom. The van der Waals surface area contributed by atoms with Gasteiger partial charge in [0.15, 0.2) is 5.65 Å². The average molecular weight is 317 g/mol. The first-order valence-corrected chi connectivity index (χ1v) is 6.93. The Morgan fingerprint density at radius 2 is 2.23 bits per heavy atom. The number of rotatable bonds is 2. The van der Waals surface area contributed by atoms with Gasteiger partial charge in [-0.1, -0.05) is 6.07 Å². The minimum Gasteiger partial charge on any atom is -0.311 e. The van der Waals surface area contributed by atoms with Crippen LogP contribution in [0.4, 0.5) is 17.3 Å². The van der Waals surface area contributed by atoms with Crippen LogP contribution < -0.4 is 4.90 Å². The second-order valence-corrected chi connectivity index (χ2v) is 5.24. The molecule has 0 bridgehead atoms. The van der Waals surface area contributed by atoms with Gasteiger partial charge in [0.05, 0.1) is 16.8 Å². The van der Waals surface area contributed by atoms with Gasteiger partial charge in [-0.15, -0.1) is 0 Å². The highest BCUT2D eigenvalue weighted by Gasteiger charge is 2.25. The number of hydrogen-bond donors (Lipinski definition) is 1. The van der Waals surface area contributed by atoms with E-state index in [0.29, 0.717) is 23.7 Å². The molecular formula is C13H9ClN6O2. The number of nitrogens with zero attached hydrogens (tertiary/aromatic N) is 5. The van der Waals surface area contributed by atoms with Crippen LogP contribution in [0.15, 0.2) is 24.4 Å². The van der Waals surface area contributed by atoms with Gasteiger partial charge in [-0.05, 0) is 23.6 Å². The number of anilines is 2. The third-order valence-electron chi connectivity index (χ3n) is 3.63. The molecule has 0 radical (unpaired) electrons. The number of H-pyrrole nitrogens is 1. The van der Waals surface area contributed by atoms with Crippen LogP contribution >= 0.6 is 11.6 Å². The summed E-state index contributed by atoms with van der Waals surface area (Å²) in [6, 6.07) is 4.87. The van der Waals surface area contributed by atoms with Crippen molar-refractivity contribution in [1.29, 1.82) is 0 Å². The van der Waals surface area contributed by atoms with Crippen LogP contribution in [0.5, 0.6) is 0 Å². The molecule has 0 amide bonds. The zero-order valence-electron chi connectivity index (χ0n) is 11.2. The van der Waals surface area contributed by atoms with Crippen LogP contribution in [-0.2, 0) is 6.42 Å². The van der Waals surface area contributed by atoms with E-state index in [9.17, 15) is 10.1 Å². The Bertz CT molecular complexity index is 909. The van der Waals surface area contributed by atoms with Crippen LogP contribution in [0.25, 0.3) is 11.2 Å². The third kappa shape index (κ3) is 1.96. The molecule has 0 aliphatic carbocycles. The lowest BCUT2D eigenvalue weighted by molar-refractivity contribution is -0.384. The minimum absolute atomic E-state index is 0.0598. The summed E-state index contributed by atoms with van der Waals surface area (Å²) in [7, 11) is 0. The molecule has 0 fully saturated rings. The second-order valence-electron chi connectivity index (χ2n) is 4.91. The van der Waals surface area contributed by atoms with E-state index in [1.165, 1.54) is 12.3 Å². The number of nitro groups is 1. The van der Waals surface area contributed by atoms with Gasteiger partial charge in [0.2, 0.25) is 11.2 Å². The highest BCUT2D eigenvalue weighted by Crippen LogP contribution is 2.36. The zero-order valence-corrected chi connectivity index (χ0v) is 11.9. The van der Waals surface area contributed by atoms with Crippen LogP contribution in [-0.4, -0.2) is 31.4 Å². The van der Waals surface area contributed by atoms with E-state index >= 15 is 0 Å². The molecule has 0 atom stereocenters. The number of nitrogens with one attached hydrogen (secondary N) is 1. The first-order valence-electron chi connectivity index (χ1n) is 6.55. The summed E-state index contributed by atoms with van der Waals surface area (Å²) in [4.78, 5) is 27.9. The number of halogens is 1. The maximum Gasteiger partial charge on any atom is 0.271 e. The van der Waals surface area contributed by atoms with Gasteiger partial charge in [-0.3, -0.25) is 10.1 Å². The van der Waals surface area contributed by atoms with E-state index in [1.54, 1.807) is 12.1 Å². The van der Waals surface area contributed by atoms with Crippen molar-refractivity contribution in [2.45, 2.75) is 6.42 Å². The molecule has 0 spiro atoms. The van der Waals surface area contributed by atoms with Crippen molar-refractivity contribution >= 4 is 40.1 Å². The van der Waals surface area contributed by atoms with Gasteiger partial charge in [-0.2, -0.15) is 4.98 Å². The number of aromatic nitrogens is 4. The van der Waals surface area contributed by atoms with Gasteiger partial charge in [-0.25, -0.2) is 9.97 Å². The van der Waals surface area contributed by atoms with Crippen molar-refractivity contribution in [3.8, 4) is 0 Å². The highest BCUT2D eigenvalue weighted by molar-refractivity contribution is 6.28. The number of benzene rings is 1. The molecule has 0 unspecified atom stereocenters. The smallest absolute Gasteiger partial charge is 0.271 e. The Kier molecular flexibility index (Phi) is 2.73. The Morgan fingerprint density at radius 1 is 1.36 bits per heavy atom. The first kappa shape index (κ1) is 13.0. The molecular weight excluding hydrogens is 308 g/mol. The van der Waals surface area contributed by atoms with E-state index in [4.69, 9.17) is 11.6 Å². The maximum atomic E-state index is 11.0. The standard InChI is InChI=1S/C13H9ClN6O2/c14-12-15-6-9-11(17-12)18-13(16-9)19-4-3-7-1-2-8(20(21)22)5-10(7)19/h1-2,5-6H,3-4H2,(H,15,16,17,18). The van der Waals surface area contributed by atoms with Crippen LogP contribution in [0.1, 0.15) is 5.56 Å². The maximum absolute atomic E-state index is 11.0. The summed E-state index contributed by atoms with van der Waals surface area (Å²) < 4.78 is 0. The molecule has 110 valence electrons. The van der Waals surface area contributed by atoms with Crippen molar-refractivity contribution in [1.82, 2.24) is 19.9 Å². The number of hydrogen-bond acceptors (Lipinski definition) is 6. The lowest BCUT2D eigenvalue weighted by atomic mass is 10.1. The van der Waals surface area contributed by atoms with Crippen LogP contribution in [0.3, 0.4) is 0 Å². The SMILES string of the molecule is O=[N+]([O-])c1ccc2c(c1)N(c1nc3cnc(Cl)nc3[nH]1)CC2. The van der Waals surface area contributed by atoms with Crippen molar-refractivity contribution in [3.63, 3.8) is 0 Å². The monoisotopic (exact) mass is 316 g/mol. The minimum atomic E-state index is -0.402. The molecule has 0 saturated heterocycles. The molecule has 2 aromatic heterocycles. The summed E-state index contributed by atoms with van der Waals surface area (Å²) in [6.07, 6.45) is 2.34. The molecule has 3 aromatic rings. The van der Waals surface area contributed by atoms with Gasteiger partial charge in [0, 0.05) is 18.7 Å². The molecule has 1 N–H and O–H groups in total. The second kappa shape index (κ2) is 4.63. The van der Waals surface area contributed by atoms with E-state index < -0.39 is 4.92 Å². The molecule has 9 heteroatoms. The van der Waals surface area contributed by atoms with Crippen molar-refractivity contribution < 1.29 is 4.92 Å². The number of imidazole rings is 1. The molecule has 0 saturated carbocycles. The molecule has 22 heavy (non-hydrogen) atoms. The van der Waals surface area contributed by atoms with Crippen molar-refractivity contribution in [2.24, 2.45) is 0 Å². The van der Waals surface area contributed by atoms with Crippen LogP contribution in [0.2, 0.25) is 5.28 Å². The Hall–Kier alpha value is -2.74. The first-order chi connectivity index (χ1) is 10.6. The Labute approximate surface area is 128 Å². The molecule has 8 nitrogen and oxygen atoms in total. The fraction of sp³-hybridized carbons (Fsp3) is 0.154. The van der Waals surface area contributed by atoms with Crippen molar-refractivity contribution in [3.05, 3.63) is 45.4 Å². The fourth-order valence-corrected chi connectivity index (χ4v) is 2.74. The third-order valence-corrected chi connectivity index (χ3v) is 3.81. The van der Waals surface area contributed by atoms with Gasteiger partial charge in [0.1, 0.15) is 5.52 Å². The summed E-state index contributed by atoms with van der Waals surface area (Å²) in [5, 5.41) is 11.1. The van der Waals surface area contributed by atoms with E-state index in [1.807, 2.05) is 4.90 Å². The normalized spacial score (nSPS) is 13.6. The van der Waals surface area contributed by atoms with E-state index in [2.05, 4.69) is 19.9 Å². The largest absolute Gasteiger partial charge is 0.311 e. The van der Waals surface area contributed by atoms with E-state index in [0.717, 1.165) is 17.7 Å². The highest BCUT2D eigenvalue weighted by atomic mass is 35.5. The molecule has 1 aliphatic heterocycles. The lowest BCUT2D eigenvalue weighted by Gasteiger charge is -2.15. The summed E-state index contributed by atoms with van der Waals surface area (Å²) in [5.41, 5.74) is 3.03. The molecule has 3 heterocycles. The quantitative estimate of drug-likeness (QED) is 0.443. The summed E-state index contributed by atoms with van der Waals surface area (Å²) in [5.74, 6) is 0.575. The van der Waals surface area contributed by atoms with Crippen molar-refractivity contribution in [2.75, 3.05) is 11.4 Å². The summed E-state index contributed by atoms with van der Waals surface area (Å²) >= 11 is 5.77. The summed E-state index contributed by atoms with van der Waals surface area (Å²) in [6.45, 7) is 0.692. The number of aromatic amines is 1. The lowest BCUT2D eigenvalue weighted by Crippen LogP contribution is -2.14. The Balaban J connectivity index is 1.81. The molecule has 4 rings (SSSR count). The number of nitro benzene ring substituents is 1. The molecule has 1 aliphatic rings. The van der Waals surface area contributed by atoms with Gasteiger partial charge in [0.25, 0.3) is 5.69 Å². The number of non-ortho nitro benzene ring substituents is 1. The zero-order chi connectivity index (χ0) is 15.3. The topological polar surface area (TPSA) is 101 Å².